The van der Waals surface area contributed by atoms with Crippen molar-refractivity contribution in [3.05, 3.63) is 0 Å². The highest BCUT2D eigenvalue weighted by Crippen LogP contribution is 1.88. The fraction of sp³-hybridized carbons (Fsp3) is 0.929. The van der Waals surface area contributed by atoms with Crippen molar-refractivity contribution in [2.75, 3.05) is 53.5 Å². The van der Waals surface area contributed by atoms with E-state index in [0.29, 0.717) is 0 Å². The standard InChI is InChI=1S/C14H32N4O/c1-5-7-9-16-14(15-6-2)17-10-12-18(3)11-8-13-19-4/h5-13H2,1-4H3,(H2,15,16,17). The molecular formula is C14H32N4O. The van der Waals surface area contributed by atoms with Gasteiger partial charge in [0, 0.05) is 46.4 Å². The van der Waals surface area contributed by atoms with Crippen LogP contribution in [0.1, 0.15) is 33.1 Å². The minimum absolute atomic E-state index is 0.832. The van der Waals surface area contributed by atoms with Crippen LogP contribution < -0.4 is 10.6 Å². The number of nitrogens with one attached hydrogen (secondary N) is 2. The Labute approximate surface area is 118 Å². The lowest BCUT2D eigenvalue weighted by Crippen LogP contribution is -2.41. The van der Waals surface area contributed by atoms with Crippen molar-refractivity contribution < 1.29 is 4.74 Å². The molecule has 0 heterocycles. The van der Waals surface area contributed by atoms with Crippen LogP contribution in [0, 0.1) is 0 Å². The van der Waals surface area contributed by atoms with Crippen LogP contribution >= 0.6 is 0 Å². The number of hydrogen-bond donors (Lipinski definition) is 2. The maximum Gasteiger partial charge on any atom is 0.191 e. The maximum atomic E-state index is 5.05. The molecule has 0 aromatic carbocycles. The molecule has 0 saturated carbocycles. The molecule has 0 amide bonds. The summed E-state index contributed by atoms with van der Waals surface area (Å²) < 4.78 is 5.05. The fourth-order valence-electron chi connectivity index (χ4n) is 1.65. The lowest BCUT2D eigenvalue weighted by molar-refractivity contribution is 0.180. The van der Waals surface area contributed by atoms with E-state index in [1.165, 1.54) is 6.42 Å². The Morgan fingerprint density at radius 2 is 1.95 bits per heavy atom. The number of nitrogens with zero attached hydrogens (tertiary/aromatic N) is 2. The van der Waals surface area contributed by atoms with Gasteiger partial charge in [-0.05, 0) is 26.8 Å². The van der Waals surface area contributed by atoms with Crippen LogP contribution in [0.2, 0.25) is 0 Å². The van der Waals surface area contributed by atoms with Crippen molar-refractivity contribution >= 4 is 5.96 Å². The Morgan fingerprint density at radius 1 is 1.16 bits per heavy atom. The Balaban J connectivity index is 3.75. The summed E-state index contributed by atoms with van der Waals surface area (Å²) in [6, 6.07) is 0. The SMILES string of the molecule is CCCCN=C(NCC)NCCN(C)CCCOC. The first kappa shape index (κ1) is 18.2. The minimum Gasteiger partial charge on any atom is -0.385 e. The van der Waals surface area contributed by atoms with Gasteiger partial charge in [-0.25, -0.2) is 0 Å². The molecule has 19 heavy (non-hydrogen) atoms. The molecule has 2 N–H and O–H groups in total. The summed E-state index contributed by atoms with van der Waals surface area (Å²) >= 11 is 0. The molecular weight excluding hydrogens is 240 g/mol. The zero-order valence-electron chi connectivity index (χ0n) is 13.2. The zero-order valence-corrected chi connectivity index (χ0v) is 13.2. The number of ether oxygens (including phenoxy) is 1. The Morgan fingerprint density at radius 3 is 2.58 bits per heavy atom. The van der Waals surface area contributed by atoms with Crippen LogP contribution in [0.25, 0.3) is 0 Å². The van der Waals surface area contributed by atoms with Crippen molar-refractivity contribution in [3.8, 4) is 0 Å². The summed E-state index contributed by atoms with van der Waals surface area (Å²) in [6.45, 7) is 9.91. The predicted molar refractivity (Wildman–Crippen MR) is 82.9 cm³/mol. The molecule has 0 aliphatic rings. The molecule has 0 aliphatic carbocycles. The lowest BCUT2D eigenvalue weighted by Gasteiger charge is -2.18. The molecule has 0 fully saturated rings. The van der Waals surface area contributed by atoms with Crippen LogP contribution in [0.5, 0.6) is 0 Å². The highest BCUT2D eigenvalue weighted by Gasteiger charge is 2.00. The Kier molecular flexibility index (Phi) is 13.0. The first-order valence-electron chi connectivity index (χ1n) is 7.44. The first-order chi connectivity index (χ1) is 9.24. The molecule has 0 radical (unpaired) electrons. The third-order valence-electron chi connectivity index (χ3n) is 2.80. The van der Waals surface area contributed by atoms with E-state index < -0.39 is 0 Å². The van der Waals surface area contributed by atoms with Crippen LogP contribution in [0.15, 0.2) is 4.99 Å². The summed E-state index contributed by atoms with van der Waals surface area (Å²) in [5.74, 6) is 0.932. The van der Waals surface area contributed by atoms with Crippen LogP contribution in [0.4, 0.5) is 0 Å². The van der Waals surface area contributed by atoms with E-state index in [1.807, 2.05) is 0 Å². The van der Waals surface area contributed by atoms with Gasteiger partial charge in [0.25, 0.3) is 0 Å². The van der Waals surface area contributed by atoms with Crippen LogP contribution in [0.3, 0.4) is 0 Å². The van der Waals surface area contributed by atoms with E-state index in [1.54, 1.807) is 7.11 Å². The molecule has 5 nitrogen and oxygen atoms in total. The van der Waals surface area contributed by atoms with Crippen LogP contribution in [-0.4, -0.2) is 64.3 Å². The normalized spacial score (nSPS) is 11.9. The molecule has 0 bridgehead atoms. The molecule has 5 heteroatoms. The van der Waals surface area contributed by atoms with Gasteiger partial charge in [0.05, 0.1) is 0 Å². The number of rotatable bonds is 11. The summed E-state index contributed by atoms with van der Waals surface area (Å²) in [4.78, 5) is 6.84. The van der Waals surface area contributed by atoms with Gasteiger partial charge in [0.15, 0.2) is 5.96 Å². The molecule has 0 saturated heterocycles. The maximum absolute atomic E-state index is 5.05. The Hall–Kier alpha value is -0.810. The van der Waals surface area contributed by atoms with Gasteiger partial charge in [0.1, 0.15) is 0 Å². The number of hydrogen-bond acceptors (Lipinski definition) is 3. The summed E-state index contributed by atoms with van der Waals surface area (Å²) in [5.41, 5.74) is 0. The van der Waals surface area contributed by atoms with Crippen molar-refractivity contribution in [2.45, 2.75) is 33.1 Å². The van der Waals surface area contributed by atoms with Gasteiger partial charge in [-0.15, -0.1) is 0 Å². The second-order valence-corrected chi connectivity index (χ2v) is 4.69. The number of likely N-dealkylation sites (N-methyl/N-ethyl adjacent to an activating group) is 1. The molecule has 114 valence electrons. The number of unbranched alkanes of at least 4 members (excludes halogenated alkanes) is 1. The van der Waals surface area contributed by atoms with E-state index in [4.69, 9.17) is 4.74 Å². The van der Waals surface area contributed by atoms with Gasteiger partial charge < -0.3 is 20.3 Å². The quantitative estimate of drug-likeness (QED) is 0.338. The smallest absolute Gasteiger partial charge is 0.191 e. The van der Waals surface area contributed by atoms with Crippen LogP contribution in [-0.2, 0) is 4.74 Å². The second-order valence-electron chi connectivity index (χ2n) is 4.69. The van der Waals surface area contributed by atoms with Gasteiger partial charge in [0.2, 0.25) is 0 Å². The van der Waals surface area contributed by atoms with E-state index in [9.17, 15) is 0 Å². The molecule has 0 aromatic rings. The number of methoxy groups -OCH3 is 1. The van der Waals surface area contributed by atoms with Gasteiger partial charge in [-0.1, -0.05) is 13.3 Å². The van der Waals surface area contributed by atoms with E-state index in [2.05, 4.69) is 41.4 Å². The van der Waals surface area contributed by atoms with Gasteiger partial charge >= 0.3 is 0 Å². The molecule has 0 spiro atoms. The topological polar surface area (TPSA) is 48.9 Å². The first-order valence-corrected chi connectivity index (χ1v) is 7.44. The number of aliphatic imine (C=N–C) groups is 1. The van der Waals surface area contributed by atoms with Crippen molar-refractivity contribution in [1.29, 1.82) is 0 Å². The second kappa shape index (κ2) is 13.6. The Bertz CT molecular complexity index is 221. The predicted octanol–water partition coefficient (Wildman–Crippen LogP) is 1.31. The zero-order chi connectivity index (χ0) is 14.3. The summed E-state index contributed by atoms with van der Waals surface area (Å²) in [7, 11) is 3.88. The third kappa shape index (κ3) is 12.0. The van der Waals surface area contributed by atoms with E-state index in [0.717, 1.165) is 58.1 Å². The highest BCUT2D eigenvalue weighted by molar-refractivity contribution is 5.79. The molecule has 0 aliphatic heterocycles. The molecule has 0 unspecified atom stereocenters. The van der Waals surface area contributed by atoms with Crippen molar-refractivity contribution in [1.82, 2.24) is 15.5 Å². The van der Waals surface area contributed by atoms with Gasteiger partial charge in [-0.2, -0.15) is 0 Å². The van der Waals surface area contributed by atoms with E-state index in [-0.39, 0.29) is 0 Å². The van der Waals surface area contributed by atoms with Crippen molar-refractivity contribution in [2.24, 2.45) is 4.99 Å². The molecule has 0 atom stereocenters. The molecule has 0 aromatic heterocycles. The fourth-order valence-corrected chi connectivity index (χ4v) is 1.65. The average molecular weight is 272 g/mol. The number of guanidine groups is 1. The summed E-state index contributed by atoms with van der Waals surface area (Å²) in [5, 5.41) is 6.63. The monoisotopic (exact) mass is 272 g/mol. The lowest BCUT2D eigenvalue weighted by atomic mass is 10.3. The molecule has 0 rings (SSSR count). The highest BCUT2D eigenvalue weighted by atomic mass is 16.5. The third-order valence-corrected chi connectivity index (χ3v) is 2.80. The van der Waals surface area contributed by atoms with Crippen molar-refractivity contribution in [3.63, 3.8) is 0 Å². The largest absolute Gasteiger partial charge is 0.385 e. The van der Waals surface area contributed by atoms with Gasteiger partial charge in [-0.3, -0.25) is 4.99 Å². The van der Waals surface area contributed by atoms with E-state index >= 15 is 0 Å². The average Bonchev–Trinajstić information content (AvgIpc) is 2.39. The minimum atomic E-state index is 0.832. The summed E-state index contributed by atoms with van der Waals surface area (Å²) in [6.07, 6.45) is 3.41.